The third-order valence-electron chi connectivity index (χ3n) is 6.99. The van der Waals surface area contributed by atoms with E-state index in [2.05, 4.69) is 19.9 Å². The van der Waals surface area contributed by atoms with Crippen molar-refractivity contribution in [2.24, 2.45) is 23.2 Å². The third kappa shape index (κ3) is 1.89. The van der Waals surface area contributed by atoms with Gasteiger partial charge in [-0.2, -0.15) is 0 Å². The van der Waals surface area contributed by atoms with E-state index >= 15 is 0 Å². The first-order valence-corrected chi connectivity index (χ1v) is 8.99. The van der Waals surface area contributed by atoms with E-state index in [1.807, 2.05) is 12.1 Å². The number of aliphatic hydroxyl groups is 1. The van der Waals surface area contributed by atoms with E-state index in [4.69, 9.17) is 11.6 Å². The highest BCUT2D eigenvalue weighted by molar-refractivity contribution is 6.21. The number of aromatic hydroxyl groups is 1. The van der Waals surface area contributed by atoms with Gasteiger partial charge in [-0.15, -0.1) is 11.6 Å². The maximum atomic E-state index is 10.6. The molecule has 0 heterocycles. The van der Waals surface area contributed by atoms with Crippen LogP contribution in [0.2, 0.25) is 0 Å². The van der Waals surface area contributed by atoms with Crippen LogP contribution in [0, 0.1) is 23.2 Å². The molecule has 3 aliphatic carbocycles. The van der Waals surface area contributed by atoms with Crippen molar-refractivity contribution in [1.82, 2.24) is 0 Å². The highest BCUT2D eigenvalue weighted by Gasteiger charge is 2.58. The predicted molar refractivity (Wildman–Crippen MR) is 88.3 cm³/mol. The number of aliphatic hydroxyl groups excluding tert-OH is 1. The maximum Gasteiger partial charge on any atom is 0.115 e. The minimum atomic E-state index is -0.367. The van der Waals surface area contributed by atoms with Gasteiger partial charge in [-0.3, -0.25) is 0 Å². The van der Waals surface area contributed by atoms with Gasteiger partial charge in [-0.05, 0) is 78.0 Å². The Bertz CT molecular complexity index is 601. The van der Waals surface area contributed by atoms with E-state index in [-0.39, 0.29) is 16.9 Å². The molecule has 3 aliphatic rings. The third-order valence-corrected chi connectivity index (χ3v) is 7.41. The Hall–Kier alpha value is -0.730. The van der Waals surface area contributed by atoms with Crippen LogP contribution >= 0.6 is 11.6 Å². The number of benzene rings is 1. The van der Waals surface area contributed by atoms with Crippen LogP contribution in [0.25, 0.3) is 0 Å². The molecule has 0 aromatic heterocycles. The molecule has 7 atom stereocenters. The second kappa shape index (κ2) is 4.88. The molecular formula is C19H25ClO2. The van der Waals surface area contributed by atoms with Crippen LogP contribution in [0.1, 0.15) is 50.2 Å². The largest absolute Gasteiger partial charge is 0.508 e. The second-order valence-corrected chi connectivity index (χ2v) is 8.66. The van der Waals surface area contributed by atoms with Crippen LogP contribution in [0.3, 0.4) is 0 Å². The van der Waals surface area contributed by atoms with Crippen molar-refractivity contribution >= 4 is 11.6 Å². The fraction of sp³-hybridized carbons (Fsp3) is 0.684. The van der Waals surface area contributed by atoms with Gasteiger partial charge >= 0.3 is 0 Å². The van der Waals surface area contributed by atoms with E-state index in [9.17, 15) is 10.2 Å². The second-order valence-electron chi connectivity index (χ2n) is 8.10. The van der Waals surface area contributed by atoms with Crippen molar-refractivity contribution in [3.8, 4) is 5.75 Å². The molecule has 0 spiro atoms. The quantitative estimate of drug-likeness (QED) is 0.707. The molecule has 4 rings (SSSR count). The molecule has 2 fully saturated rings. The topological polar surface area (TPSA) is 40.5 Å². The lowest BCUT2D eigenvalue weighted by atomic mass is 9.53. The van der Waals surface area contributed by atoms with Gasteiger partial charge in [-0.25, -0.2) is 0 Å². The highest BCUT2D eigenvalue weighted by Crippen LogP contribution is 2.62. The van der Waals surface area contributed by atoms with Crippen molar-refractivity contribution in [1.29, 1.82) is 0 Å². The highest BCUT2D eigenvalue weighted by atomic mass is 35.5. The van der Waals surface area contributed by atoms with Crippen LogP contribution in [-0.4, -0.2) is 21.7 Å². The van der Waals surface area contributed by atoms with Crippen LogP contribution in [0.5, 0.6) is 5.75 Å². The first-order valence-electron chi connectivity index (χ1n) is 8.55. The SMILES string of the molecule is C[C@@H]1Cc2cc(O)ccc2[C@H]2CC[C@]3(C)[C@@H](O)[C@@H](Cl)C[C@H]3[C@H]12. The Labute approximate surface area is 137 Å². The van der Waals surface area contributed by atoms with Crippen LogP contribution in [0.4, 0.5) is 0 Å². The Morgan fingerprint density at radius 2 is 2.09 bits per heavy atom. The van der Waals surface area contributed by atoms with Crippen molar-refractivity contribution in [3.05, 3.63) is 29.3 Å². The van der Waals surface area contributed by atoms with Crippen LogP contribution < -0.4 is 0 Å². The summed E-state index contributed by atoms with van der Waals surface area (Å²) in [4.78, 5) is 0. The van der Waals surface area contributed by atoms with Crippen LogP contribution in [0.15, 0.2) is 18.2 Å². The fourth-order valence-electron chi connectivity index (χ4n) is 5.91. The summed E-state index contributed by atoms with van der Waals surface area (Å²) < 4.78 is 0. The van der Waals surface area contributed by atoms with E-state index < -0.39 is 0 Å². The summed E-state index contributed by atoms with van der Waals surface area (Å²) in [5.41, 5.74) is 2.73. The fourth-order valence-corrected chi connectivity index (χ4v) is 6.39. The van der Waals surface area contributed by atoms with Gasteiger partial charge in [0.2, 0.25) is 0 Å². The predicted octanol–water partition coefficient (Wildman–Crippen LogP) is 4.07. The number of halogens is 1. The van der Waals surface area contributed by atoms with E-state index in [1.165, 1.54) is 11.1 Å². The van der Waals surface area contributed by atoms with E-state index in [1.54, 1.807) is 0 Å². The Morgan fingerprint density at radius 3 is 2.86 bits per heavy atom. The monoisotopic (exact) mass is 320 g/mol. The summed E-state index contributed by atoms with van der Waals surface area (Å²) in [6.45, 7) is 4.59. The van der Waals surface area contributed by atoms with E-state index in [0.717, 1.165) is 25.7 Å². The first-order chi connectivity index (χ1) is 10.4. The number of phenolic OH excluding ortho intramolecular Hbond substituents is 1. The Morgan fingerprint density at radius 1 is 1.32 bits per heavy atom. The van der Waals surface area contributed by atoms with Gasteiger partial charge in [0.1, 0.15) is 5.75 Å². The van der Waals surface area contributed by atoms with Gasteiger partial charge in [-0.1, -0.05) is 19.9 Å². The molecule has 3 heteroatoms. The summed E-state index contributed by atoms with van der Waals surface area (Å²) in [7, 11) is 0. The van der Waals surface area contributed by atoms with Crippen molar-refractivity contribution in [3.63, 3.8) is 0 Å². The zero-order valence-corrected chi connectivity index (χ0v) is 14.1. The normalized spacial score (nSPS) is 46.7. The van der Waals surface area contributed by atoms with Gasteiger partial charge in [0.05, 0.1) is 11.5 Å². The molecule has 0 bridgehead atoms. The number of hydrogen-bond donors (Lipinski definition) is 2. The molecule has 22 heavy (non-hydrogen) atoms. The van der Waals surface area contributed by atoms with Crippen LogP contribution in [-0.2, 0) is 6.42 Å². The zero-order valence-electron chi connectivity index (χ0n) is 13.3. The Kier molecular flexibility index (Phi) is 3.29. The summed E-state index contributed by atoms with van der Waals surface area (Å²) >= 11 is 6.44. The minimum absolute atomic E-state index is 0.0176. The summed E-state index contributed by atoms with van der Waals surface area (Å²) in [6, 6.07) is 5.90. The molecule has 1 aromatic carbocycles. The molecule has 120 valence electrons. The molecule has 2 nitrogen and oxygen atoms in total. The molecule has 0 amide bonds. The number of hydrogen-bond acceptors (Lipinski definition) is 2. The number of fused-ring (bicyclic) bond motifs is 5. The lowest BCUT2D eigenvalue weighted by molar-refractivity contribution is -0.0351. The van der Waals surface area contributed by atoms with Gasteiger partial charge in [0.15, 0.2) is 0 Å². The van der Waals surface area contributed by atoms with Gasteiger partial charge < -0.3 is 10.2 Å². The summed E-state index contributed by atoms with van der Waals surface area (Å²) in [6.07, 6.45) is 3.78. The first kappa shape index (κ1) is 14.8. The van der Waals surface area contributed by atoms with Gasteiger partial charge in [0, 0.05) is 0 Å². The molecule has 1 aromatic rings. The van der Waals surface area contributed by atoms with Gasteiger partial charge in [0.25, 0.3) is 0 Å². The Balaban J connectivity index is 1.76. The van der Waals surface area contributed by atoms with Crippen molar-refractivity contribution in [2.45, 2.75) is 56.9 Å². The number of alkyl halides is 1. The zero-order chi connectivity index (χ0) is 15.6. The molecule has 0 aliphatic heterocycles. The van der Waals surface area contributed by atoms with Crippen molar-refractivity contribution < 1.29 is 10.2 Å². The van der Waals surface area contributed by atoms with E-state index in [0.29, 0.717) is 29.4 Å². The lowest BCUT2D eigenvalue weighted by Gasteiger charge is -2.52. The summed E-state index contributed by atoms with van der Waals surface area (Å²) in [5, 5.41) is 20.3. The maximum absolute atomic E-state index is 10.6. The average Bonchev–Trinajstić information content (AvgIpc) is 2.70. The molecule has 2 saturated carbocycles. The number of phenols is 1. The smallest absolute Gasteiger partial charge is 0.115 e. The van der Waals surface area contributed by atoms with Crippen molar-refractivity contribution in [2.75, 3.05) is 0 Å². The minimum Gasteiger partial charge on any atom is -0.508 e. The molecular weight excluding hydrogens is 296 g/mol. The molecule has 2 N–H and O–H groups in total. The molecule has 0 unspecified atom stereocenters. The summed E-state index contributed by atoms with van der Waals surface area (Å²) in [5.74, 6) is 2.64. The lowest BCUT2D eigenvalue weighted by Crippen LogP contribution is -2.47. The molecule has 0 saturated heterocycles. The average molecular weight is 321 g/mol. The molecule has 0 radical (unpaired) electrons. The number of rotatable bonds is 0. The standard InChI is InChI=1S/C19H25ClO2/c1-10-7-11-8-12(21)3-4-13(11)14-5-6-19(2)15(17(10)14)9-16(20)18(19)22/h3-4,8,10,14-18,21-22H,5-7,9H2,1-2H3/t10-,14-,15+,16+,17-,18+,19+/m1/s1.